The SMILES string of the molecule is Cl.Cl.O=C(O)COc1cccnc1Cn1ccnc1. The molecule has 0 saturated carbocycles. The van der Waals surface area contributed by atoms with E-state index in [9.17, 15) is 4.79 Å². The number of ether oxygens (including phenoxy) is 1. The fourth-order valence-electron chi connectivity index (χ4n) is 1.37. The number of rotatable bonds is 5. The first-order valence-corrected chi connectivity index (χ1v) is 5.00. The van der Waals surface area contributed by atoms with Gasteiger partial charge in [0, 0.05) is 18.6 Å². The molecule has 6 nitrogen and oxygen atoms in total. The predicted octanol–water partition coefficient (Wildman–Crippen LogP) is 1.63. The van der Waals surface area contributed by atoms with Crippen molar-refractivity contribution in [2.45, 2.75) is 6.54 Å². The Morgan fingerprint density at radius 1 is 1.37 bits per heavy atom. The summed E-state index contributed by atoms with van der Waals surface area (Å²) < 4.78 is 6.98. The number of carbonyl (C=O) groups is 1. The summed E-state index contributed by atoms with van der Waals surface area (Å²) >= 11 is 0. The molecule has 0 radical (unpaired) electrons. The number of nitrogens with zero attached hydrogens (tertiary/aromatic N) is 3. The van der Waals surface area contributed by atoms with E-state index in [0.29, 0.717) is 18.0 Å². The van der Waals surface area contributed by atoms with E-state index in [-0.39, 0.29) is 31.4 Å². The fraction of sp³-hybridized carbons (Fsp3) is 0.182. The van der Waals surface area contributed by atoms with Crippen LogP contribution >= 0.6 is 24.8 Å². The number of pyridine rings is 1. The zero-order chi connectivity index (χ0) is 12.1. The zero-order valence-corrected chi connectivity index (χ0v) is 11.4. The molecule has 0 spiro atoms. The van der Waals surface area contributed by atoms with Crippen molar-refractivity contribution in [1.29, 1.82) is 0 Å². The van der Waals surface area contributed by atoms with Gasteiger partial charge in [0.1, 0.15) is 11.4 Å². The van der Waals surface area contributed by atoms with Crippen LogP contribution in [0.25, 0.3) is 0 Å². The van der Waals surface area contributed by atoms with Crippen LogP contribution in [0.5, 0.6) is 5.75 Å². The van der Waals surface area contributed by atoms with Crippen LogP contribution in [0.15, 0.2) is 37.1 Å². The number of aromatic nitrogens is 3. The third-order valence-corrected chi connectivity index (χ3v) is 2.09. The first-order chi connectivity index (χ1) is 8.25. The van der Waals surface area contributed by atoms with Crippen LogP contribution in [-0.4, -0.2) is 32.2 Å². The molecular formula is C11H13Cl2N3O3. The van der Waals surface area contributed by atoms with Crippen molar-refractivity contribution in [2.75, 3.05) is 6.61 Å². The molecule has 0 aromatic carbocycles. The lowest BCUT2D eigenvalue weighted by atomic mass is 10.3. The summed E-state index contributed by atoms with van der Waals surface area (Å²) in [7, 11) is 0. The Labute approximate surface area is 122 Å². The van der Waals surface area contributed by atoms with Gasteiger partial charge in [0.2, 0.25) is 0 Å². The molecule has 1 N–H and O–H groups in total. The highest BCUT2D eigenvalue weighted by Gasteiger charge is 2.07. The van der Waals surface area contributed by atoms with Crippen molar-refractivity contribution in [3.05, 3.63) is 42.7 Å². The molecule has 0 unspecified atom stereocenters. The number of carboxylic acids is 1. The Hall–Kier alpha value is -1.79. The number of hydrogen-bond acceptors (Lipinski definition) is 4. The molecule has 8 heteroatoms. The van der Waals surface area contributed by atoms with Gasteiger partial charge in [0.25, 0.3) is 0 Å². The van der Waals surface area contributed by atoms with Gasteiger partial charge in [-0.15, -0.1) is 24.8 Å². The van der Waals surface area contributed by atoms with Gasteiger partial charge in [0.15, 0.2) is 6.61 Å². The van der Waals surface area contributed by atoms with Gasteiger partial charge >= 0.3 is 5.97 Å². The van der Waals surface area contributed by atoms with E-state index in [1.54, 1.807) is 37.1 Å². The van der Waals surface area contributed by atoms with Crippen LogP contribution in [-0.2, 0) is 11.3 Å². The number of halogens is 2. The molecule has 2 rings (SSSR count). The molecule has 0 atom stereocenters. The topological polar surface area (TPSA) is 77.2 Å². The van der Waals surface area contributed by atoms with E-state index in [1.807, 2.05) is 4.57 Å². The number of imidazole rings is 1. The molecule has 19 heavy (non-hydrogen) atoms. The Morgan fingerprint density at radius 2 is 2.16 bits per heavy atom. The van der Waals surface area contributed by atoms with Crippen LogP contribution in [0.4, 0.5) is 0 Å². The summed E-state index contributed by atoms with van der Waals surface area (Å²) in [5, 5.41) is 8.56. The van der Waals surface area contributed by atoms with Crippen molar-refractivity contribution in [1.82, 2.24) is 14.5 Å². The highest BCUT2D eigenvalue weighted by molar-refractivity contribution is 5.85. The van der Waals surface area contributed by atoms with Gasteiger partial charge in [-0.05, 0) is 12.1 Å². The molecule has 0 saturated heterocycles. The predicted molar refractivity (Wildman–Crippen MR) is 73.2 cm³/mol. The minimum atomic E-state index is -1.01. The zero-order valence-electron chi connectivity index (χ0n) is 9.80. The monoisotopic (exact) mass is 305 g/mol. The molecule has 0 aliphatic carbocycles. The number of aliphatic carboxylic acids is 1. The second-order valence-electron chi connectivity index (χ2n) is 3.37. The summed E-state index contributed by atoms with van der Waals surface area (Å²) in [6, 6.07) is 3.40. The fourth-order valence-corrected chi connectivity index (χ4v) is 1.37. The second-order valence-corrected chi connectivity index (χ2v) is 3.37. The van der Waals surface area contributed by atoms with Gasteiger partial charge in [-0.1, -0.05) is 0 Å². The van der Waals surface area contributed by atoms with E-state index in [4.69, 9.17) is 9.84 Å². The smallest absolute Gasteiger partial charge is 0.341 e. The van der Waals surface area contributed by atoms with Crippen LogP contribution < -0.4 is 4.74 Å². The van der Waals surface area contributed by atoms with Gasteiger partial charge < -0.3 is 14.4 Å². The molecule has 0 amide bonds. The first kappa shape index (κ1) is 17.2. The van der Waals surface area contributed by atoms with Crippen molar-refractivity contribution in [2.24, 2.45) is 0 Å². The van der Waals surface area contributed by atoms with E-state index in [0.717, 1.165) is 0 Å². The highest BCUT2D eigenvalue weighted by Crippen LogP contribution is 2.16. The quantitative estimate of drug-likeness (QED) is 0.908. The number of carboxylic acid groups (broad SMARTS) is 1. The van der Waals surface area contributed by atoms with Crippen molar-refractivity contribution >= 4 is 30.8 Å². The maximum absolute atomic E-state index is 10.4. The lowest BCUT2D eigenvalue weighted by Gasteiger charge is -2.08. The maximum atomic E-state index is 10.4. The Kier molecular flexibility index (Phi) is 7.55. The van der Waals surface area contributed by atoms with Crippen LogP contribution in [0, 0.1) is 0 Å². The van der Waals surface area contributed by atoms with E-state index >= 15 is 0 Å². The van der Waals surface area contributed by atoms with Gasteiger partial charge in [-0.25, -0.2) is 9.78 Å². The minimum Gasteiger partial charge on any atom is -0.480 e. The van der Waals surface area contributed by atoms with Crippen LogP contribution in [0.2, 0.25) is 0 Å². The second kappa shape index (κ2) is 8.34. The molecule has 0 aliphatic rings. The number of hydrogen-bond donors (Lipinski definition) is 1. The normalized spacial score (nSPS) is 9.05. The summed E-state index contributed by atoms with van der Waals surface area (Å²) in [4.78, 5) is 18.5. The summed E-state index contributed by atoms with van der Waals surface area (Å²) in [6.07, 6.45) is 6.77. The maximum Gasteiger partial charge on any atom is 0.341 e. The van der Waals surface area contributed by atoms with E-state index in [2.05, 4.69) is 9.97 Å². The average molecular weight is 306 g/mol. The summed E-state index contributed by atoms with van der Waals surface area (Å²) in [5.74, 6) is -0.536. The molecule has 0 aliphatic heterocycles. The Balaban J connectivity index is 0.00000162. The Morgan fingerprint density at radius 3 is 2.79 bits per heavy atom. The molecule has 104 valence electrons. The standard InChI is InChI=1S/C11H11N3O3.2ClH/c15-11(16)7-17-10-2-1-3-13-9(10)6-14-5-4-12-8-14;;/h1-5,8H,6-7H2,(H,15,16);2*1H. The molecular weight excluding hydrogens is 293 g/mol. The lowest BCUT2D eigenvalue weighted by Crippen LogP contribution is -2.12. The highest BCUT2D eigenvalue weighted by atomic mass is 35.5. The van der Waals surface area contributed by atoms with Crippen molar-refractivity contribution < 1.29 is 14.6 Å². The third-order valence-electron chi connectivity index (χ3n) is 2.09. The molecule has 2 heterocycles. The van der Waals surface area contributed by atoms with Gasteiger partial charge in [-0.2, -0.15) is 0 Å². The molecule has 2 aromatic heterocycles. The van der Waals surface area contributed by atoms with Gasteiger partial charge in [-0.3, -0.25) is 4.98 Å². The van der Waals surface area contributed by atoms with E-state index < -0.39 is 5.97 Å². The Bertz CT molecular complexity index is 506. The molecule has 0 bridgehead atoms. The average Bonchev–Trinajstić information content (AvgIpc) is 2.80. The van der Waals surface area contributed by atoms with Crippen molar-refractivity contribution in [3.63, 3.8) is 0 Å². The van der Waals surface area contributed by atoms with Crippen LogP contribution in [0.1, 0.15) is 5.69 Å². The van der Waals surface area contributed by atoms with E-state index in [1.165, 1.54) is 0 Å². The summed E-state index contributed by atoms with van der Waals surface area (Å²) in [5.41, 5.74) is 0.673. The first-order valence-electron chi connectivity index (χ1n) is 5.00. The summed E-state index contributed by atoms with van der Waals surface area (Å²) in [6.45, 7) is 0.123. The van der Waals surface area contributed by atoms with Gasteiger partial charge in [0.05, 0.1) is 12.9 Å². The molecule has 0 fully saturated rings. The molecule has 2 aromatic rings. The largest absolute Gasteiger partial charge is 0.480 e. The minimum absolute atomic E-state index is 0. The third kappa shape index (κ3) is 5.15. The lowest BCUT2D eigenvalue weighted by molar-refractivity contribution is -0.139. The van der Waals surface area contributed by atoms with Crippen molar-refractivity contribution in [3.8, 4) is 5.75 Å². The van der Waals surface area contributed by atoms with Crippen LogP contribution in [0.3, 0.4) is 0 Å².